The molecule has 0 saturated carbocycles. The summed E-state index contributed by atoms with van der Waals surface area (Å²) in [5.41, 5.74) is 1.15. The molecule has 1 aromatic carbocycles. The lowest BCUT2D eigenvalue weighted by Gasteiger charge is -2.12. The molecule has 3 aromatic rings. The summed E-state index contributed by atoms with van der Waals surface area (Å²) in [5.74, 6) is 0.853. The van der Waals surface area contributed by atoms with Crippen LogP contribution in [0.25, 0.3) is 11.4 Å². The summed E-state index contributed by atoms with van der Waals surface area (Å²) in [4.78, 5) is 28.9. The van der Waals surface area contributed by atoms with Crippen molar-refractivity contribution in [3.63, 3.8) is 0 Å². The molecule has 0 unspecified atom stereocenters. The minimum atomic E-state index is -0.281. The van der Waals surface area contributed by atoms with E-state index in [1.807, 2.05) is 30.3 Å². The van der Waals surface area contributed by atoms with Crippen molar-refractivity contribution >= 4 is 5.91 Å². The van der Waals surface area contributed by atoms with Crippen LogP contribution in [0.1, 0.15) is 11.5 Å². The summed E-state index contributed by atoms with van der Waals surface area (Å²) in [6.45, 7) is 1.94. The smallest absolute Gasteiger partial charge is 0.254 e. The Balaban J connectivity index is 1.84. The van der Waals surface area contributed by atoms with Gasteiger partial charge in [-0.3, -0.25) is 14.2 Å². The molecule has 0 radical (unpaired) electrons. The van der Waals surface area contributed by atoms with Gasteiger partial charge in [0.05, 0.1) is 12.8 Å². The fourth-order valence-electron chi connectivity index (χ4n) is 2.38. The van der Waals surface area contributed by atoms with Gasteiger partial charge < -0.3 is 9.73 Å². The van der Waals surface area contributed by atoms with Gasteiger partial charge in [0.25, 0.3) is 5.56 Å². The maximum Gasteiger partial charge on any atom is 0.254 e. The first-order valence-corrected chi connectivity index (χ1v) is 7.56. The van der Waals surface area contributed by atoms with Gasteiger partial charge in [-0.15, -0.1) is 0 Å². The fraction of sp³-hybridized carbons (Fsp3) is 0.167. The van der Waals surface area contributed by atoms with E-state index in [-0.39, 0.29) is 24.6 Å². The molecule has 0 fully saturated rings. The van der Waals surface area contributed by atoms with Crippen LogP contribution in [0.2, 0.25) is 0 Å². The van der Waals surface area contributed by atoms with Gasteiger partial charge in [0.1, 0.15) is 18.1 Å². The van der Waals surface area contributed by atoms with Crippen molar-refractivity contribution in [2.75, 3.05) is 0 Å². The van der Waals surface area contributed by atoms with E-state index in [0.717, 1.165) is 5.56 Å². The Kier molecular flexibility index (Phi) is 4.56. The molecule has 0 bridgehead atoms. The highest BCUT2D eigenvalue weighted by Gasteiger charge is 2.13. The number of aromatic nitrogens is 2. The van der Waals surface area contributed by atoms with E-state index in [1.165, 1.54) is 10.6 Å². The van der Waals surface area contributed by atoms with Crippen LogP contribution in [-0.4, -0.2) is 15.5 Å². The zero-order valence-corrected chi connectivity index (χ0v) is 13.2. The van der Waals surface area contributed by atoms with Crippen LogP contribution >= 0.6 is 0 Å². The first kappa shape index (κ1) is 15.7. The normalized spacial score (nSPS) is 10.5. The summed E-state index contributed by atoms with van der Waals surface area (Å²) in [6, 6.07) is 14.3. The topological polar surface area (TPSA) is 77.1 Å². The lowest BCUT2D eigenvalue weighted by molar-refractivity contribution is -0.121. The number of carbonyl (C=O) groups excluding carboxylic acids is 1. The van der Waals surface area contributed by atoms with Crippen molar-refractivity contribution in [1.29, 1.82) is 0 Å². The van der Waals surface area contributed by atoms with Gasteiger partial charge in [-0.25, -0.2) is 4.98 Å². The summed E-state index contributed by atoms with van der Waals surface area (Å²) >= 11 is 0. The number of hydrogen-bond acceptors (Lipinski definition) is 4. The van der Waals surface area contributed by atoms with E-state index in [9.17, 15) is 9.59 Å². The summed E-state index contributed by atoms with van der Waals surface area (Å²) in [7, 11) is 0. The van der Waals surface area contributed by atoms with E-state index in [0.29, 0.717) is 17.3 Å². The highest BCUT2D eigenvalue weighted by molar-refractivity contribution is 5.76. The van der Waals surface area contributed by atoms with Crippen molar-refractivity contribution in [3.8, 4) is 11.4 Å². The number of nitrogens with one attached hydrogen (secondary N) is 1. The second kappa shape index (κ2) is 6.95. The highest BCUT2D eigenvalue weighted by atomic mass is 16.3. The van der Waals surface area contributed by atoms with Crippen molar-refractivity contribution in [1.82, 2.24) is 14.9 Å². The summed E-state index contributed by atoms with van der Waals surface area (Å²) < 4.78 is 6.55. The number of hydrogen-bond donors (Lipinski definition) is 1. The second-order valence-corrected chi connectivity index (χ2v) is 5.37. The van der Waals surface area contributed by atoms with Crippen LogP contribution in [0.5, 0.6) is 0 Å². The van der Waals surface area contributed by atoms with Gasteiger partial charge in [-0.2, -0.15) is 0 Å². The first-order valence-electron chi connectivity index (χ1n) is 7.56. The van der Waals surface area contributed by atoms with Gasteiger partial charge >= 0.3 is 0 Å². The molecule has 6 nitrogen and oxygen atoms in total. The van der Waals surface area contributed by atoms with Crippen LogP contribution < -0.4 is 10.9 Å². The maximum atomic E-state index is 12.3. The minimum absolute atomic E-state index is 0.100. The Labute approximate surface area is 138 Å². The fourth-order valence-corrected chi connectivity index (χ4v) is 2.38. The molecule has 0 saturated heterocycles. The van der Waals surface area contributed by atoms with Gasteiger partial charge in [-0.05, 0) is 19.1 Å². The molecule has 2 aromatic heterocycles. The molecule has 1 N–H and O–H groups in total. The van der Waals surface area contributed by atoms with Gasteiger partial charge in [0.2, 0.25) is 5.91 Å². The van der Waals surface area contributed by atoms with Crippen LogP contribution in [-0.2, 0) is 17.9 Å². The molecule has 0 aliphatic heterocycles. The summed E-state index contributed by atoms with van der Waals surface area (Å²) in [5, 5.41) is 2.73. The number of furan rings is 1. The molecule has 2 heterocycles. The highest BCUT2D eigenvalue weighted by Crippen LogP contribution is 2.15. The van der Waals surface area contributed by atoms with E-state index in [1.54, 1.807) is 25.3 Å². The predicted octanol–water partition coefficient (Wildman–Crippen LogP) is 2.13. The lowest BCUT2D eigenvalue weighted by atomic mass is 10.2. The Hall–Kier alpha value is -3.15. The van der Waals surface area contributed by atoms with Crippen LogP contribution in [0.3, 0.4) is 0 Å². The summed E-state index contributed by atoms with van der Waals surface area (Å²) in [6.07, 6.45) is 1.55. The van der Waals surface area contributed by atoms with E-state index >= 15 is 0 Å². The number of aryl methyl sites for hydroxylation is 1. The van der Waals surface area contributed by atoms with Crippen LogP contribution in [0.15, 0.2) is 64.0 Å². The van der Waals surface area contributed by atoms with Crippen molar-refractivity contribution < 1.29 is 9.21 Å². The second-order valence-electron chi connectivity index (χ2n) is 5.37. The van der Waals surface area contributed by atoms with Crippen LogP contribution in [0, 0.1) is 6.92 Å². The van der Waals surface area contributed by atoms with Crippen LogP contribution in [0.4, 0.5) is 0 Å². The van der Waals surface area contributed by atoms with Gasteiger partial charge in [0.15, 0.2) is 0 Å². The molecular weight excluding hydrogens is 306 g/mol. The maximum absolute atomic E-state index is 12.3. The molecule has 0 spiro atoms. The first-order chi connectivity index (χ1) is 11.6. The molecule has 0 atom stereocenters. The zero-order chi connectivity index (χ0) is 16.9. The van der Waals surface area contributed by atoms with E-state index < -0.39 is 0 Å². The molecule has 0 aliphatic carbocycles. The zero-order valence-electron chi connectivity index (χ0n) is 13.2. The van der Waals surface area contributed by atoms with Gasteiger partial charge in [-0.1, -0.05) is 30.3 Å². The molecule has 6 heteroatoms. The Bertz CT molecular complexity index is 884. The quantitative estimate of drug-likeness (QED) is 0.780. The van der Waals surface area contributed by atoms with E-state index in [2.05, 4.69) is 10.3 Å². The van der Waals surface area contributed by atoms with E-state index in [4.69, 9.17) is 4.42 Å². The molecular formula is C18H17N3O3. The third-order valence-electron chi connectivity index (χ3n) is 3.51. The Morgan fingerprint density at radius 1 is 1.21 bits per heavy atom. The van der Waals surface area contributed by atoms with Crippen molar-refractivity contribution in [3.05, 3.63) is 76.6 Å². The molecule has 3 rings (SSSR count). The van der Waals surface area contributed by atoms with Crippen molar-refractivity contribution in [2.24, 2.45) is 0 Å². The number of nitrogens with zero attached hydrogens (tertiary/aromatic N) is 2. The van der Waals surface area contributed by atoms with Gasteiger partial charge in [0, 0.05) is 17.3 Å². The lowest BCUT2D eigenvalue weighted by Crippen LogP contribution is -2.33. The SMILES string of the molecule is Cc1cc(=O)n(CC(=O)NCc2ccco2)c(-c2ccccc2)n1. The number of rotatable bonds is 5. The number of carbonyl (C=O) groups is 1. The monoisotopic (exact) mass is 323 g/mol. The third-order valence-corrected chi connectivity index (χ3v) is 3.51. The largest absolute Gasteiger partial charge is 0.467 e. The average Bonchev–Trinajstić information content (AvgIpc) is 3.09. The molecule has 122 valence electrons. The third kappa shape index (κ3) is 3.60. The standard InChI is InChI=1S/C18H17N3O3/c1-13-10-17(23)21(18(20-13)14-6-3-2-4-7-14)12-16(22)19-11-15-8-5-9-24-15/h2-10H,11-12H2,1H3,(H,19,22). The predicted molar refractivity (Wildman–Crippen MR) is 89.2 cm³/mol. The average molecular weight is 323 g/mol. The molecule has 0 aliphatic rings. The molecule has 1 amide bonds. The Morgan fingerprint density at radius 2 is 2.00 bits per heavy atom. The minimum Gasteiger partial charge on any atom is -0.467 e. The number of amides is 1. The van der Waals surface area contributed by atoms with Crippen molar-refractivity contribution in [2.45, 2.75) is 20.0 Å². The Morgan fingerprint density at radius 3 is 2.71 bits per heavy atom. The molecule has 24 heavy (non-hydrogen) atoms. The number of benzene rings is 1.